The van der Waals surface area contributed by atoms with Crippen molar-refractivity contribution in [3.63, 3.8) is 0 Å². The third-order valence-electron chi connectivity index (χ3n) is 4.52. The minimum atomic E-state index is 0.634. The highest BCUT2D eigenvalue weighted by atomic mass is 15.2. The van der Waals surface area contributed by atoms with Crippen LogP contribution in [0.3, 0.4) is 0 Å². The Morgan fingerprint density at radius 1 is 1.19 bits per heavy atom. The van der Waals surface area contributed by atoms with Gasteiger partial charge in [-0.15, -0.1) is 0 Å². The molecule has 21 heavy (non-hydrogen) atoms. The Bertz CT molecular complexity index is 600. The molecule has 0 spiro atoms. The Hall–Kier alpha value is -1.58. The maximum absolute atomic E-state index is 3.71. The molecule has 1 saturated heterocycles. The predicted molar refractivity (Wildman–Crippen MR) is 88.0 cm³/mol. The molecule has 0 amide bonds. The summed E-state index contributed by atoms with van der Waals surface area (Å²) in [5, 5.41) is 3.71. The fourth-order valence-electron chi connectivity index (χ4n) is 3.34. The van der Waals surface area contributed by atoms with Gasteiger partial charge in [-0.05, 0) is 57.6 Å². The van der Waals surface area contributed by atoms with Crippen molar-refractivity contribution < 1.29 is 0 Å². The number of hydrogen-bond acceptors (Lipinski definition) is 2. The van der Waals surface area contributed by atoms with Gasteiger partial charge in [0.25, 0.3) is 0 Å². The monoisotopic (exact) mass is 283 g/mol. The standard InChI is InChI=1S/C18H25N3/c1-14-11-16(12-19-17-9-10-20(3)13-17)15(2)21(14)18-7-5-4-6-8-18/h4-8,11,17,19H,9-10,12-13H2,1-3H3. The number of rotatable bonds is 4. The molecule has 1 aromatic carbocycles. The van der Waals surface area contributed by atoms with Crippen LogP contribution in [0, 0.1) is 13.8 Å². The van der Waals surface area contributed by atoms with E-state index in [0.29, 0.717) is 6.04 Å². The molecule has 112 valence electrons. The Balaban J connectivity index is 1.75. The van der Waals surface area contributed by atoms with Crippen LogP contribution < -0.4 is 5.32 Å². The highest BCUT2D eigenvalue weighted by molar-refractivity contribution is 5.40. The van der Waals surface area contributed by atoms with Crippen molar-refractivity contribution in [2.75, 3.05) is 20.1 Å². The Kier molecular flexibility index (Phi) is 4.13. The van der Waals surface area contributed by atoms with Crippen LogP contribution in [-0.4, -0.2) is 35.6 Å². The zero-order chi connectivity index (χ0) is 14.8. The van der Waals surface area contributed by atoms with Gasteiger partial charge in [0.2, 0.25) is 0 Å². The third kappa shape index (κ3) is 3.04. The average Bonchev–Trinajstić information content (AvgIpc) is 3.01. The molecule has 0 saturated carbocycles. The van der Waals surface area contributed by atoms with Crippen LogP contribution in [-0.2, 0) is 6.54 Å². The Morgan fingerprint density at radius 2 is 1.95 bits per heavy atom. The summed E-state index contributed by atoms with van der Waals surface area (Å²) in [5.74, 6) is 0. The lowest BCUT2D eigenvalue weighted by Crippen LogP contribution is -2.31. The minimum Gasteiger partial charge on any atom is -0.318 e. The Labute approximate surface area is 127 Å². The van der Waals surface area contributed by atoms with E-state index in [2.05, 4.69) is 72.1 Å². The lowest BCUT2D eigenvalue weighted by Gasteiger charge is -2.13. The van der Waals surface area contributed by atoms with Crippen molar-refractivity contribution >= 4 is 0 Å². The van der Waals surface area contributed by atoms with Gasteiger partial charge in [-0.3, -0.25) is 0 Å². The fraction of sp³-hybridized carbons (Fsp3) is 0.444. The van der Waals surface area contributed by atoms with Crippen LogP contribution in [0.2, 0.25) is 0 Å². The summed E-state index contributed by atoms with van der Waals surface area (Å²) in [6.45, 7) is 7.74. The number of nitrogens with one attached hydrogen (secondary N) is 1. The molecule has 1 fully saturated rings. The minimum absolute atomic E-state index is 0.634. The number of hydrogen-bond donors (Lipinski definition) is 1. The number of aryl methyl sites for hydroxylation is 1. The molecule has 0 radical (unpaired) electrons. The zero-order valence-corrected chi connectivity index (χ0v) is 13.3. The second-order valence-corrected chi connectivity index (χ2v) is 6.20. The molecule has 3 heteroatoms. The highest BCUT2D eigenvalue weighted by Crippen LogP contribution is 2.21. The van der Waals surface area contributed by atoms with E-state index in [1.807, 2.05) is 0 Å². The van der Waals surface area contributed by atoms with Crippen molar-refractivity contribution in [1.82, 2.24) is 14.8 Å². The number of aromatic nitrogens is 1. The lowest BCUT2D eigenvalue weighted by atomic mass is 10.2. The van der Waals surface area contributed by atoms with Gasteiger partial charge in [-0.2, -0.15) is 0 Å². The first-order valence-electron chi connectivity index (χ1n) is 7.80. The van der Waals surface area contributed by atoms with Gasteiger partial charge in [-0.25, -0.2) is 0 Å². The first-order valence-corrected chi connectivity index (χ1v) is 7.80. The molecule has 2 heterocycles. The maximum Gasteiger partial charge on any atom is 0.0455 e. The van der Waals surface area contributed by atoms with Gasteiger partial charge in [0.15, 0.2) is 0 Å². The number of likely N-dealkylation sites (N-methyl/N-ethyl adjacent to an activating group) is 1. The topological polar surface area (TPSA) is 20.2 Å². The normalized spacial score (nSPS) is 19.3. The predicted octanol–water partition coefficient (Wildman–Crippen LogP) is 2.89. The van der Waals surface area contributed by atoms with Crippen LogP contribution >= 0.6 is 0 Å². The molecule has 1 aliphatic rings. The molecule has 0 bridgehead atoms. The largest absolute Gasteiger partial charge is 0.318 e. The van der Waals surface area contributed by atoms with Crippen molar-refractivity contribution in [3.8, 4) is 5.69 Å². The number of nitrogens with zero attached hydrogens (tertiary/aromatic N) is 2. The summed E-state index contributed by atoms with van der Waals surface area (Å²) in [7, 11) is 2.20. The van der Waals surface area contributed by atoms with E-state index >= 15 is 0 Å². The van der Waals surface area contributed by atoms with E-state index in [4.69, 9.17) is 0 Å². The molecule has 1 aromatic heterocycles. The quantitative estimate of drug-likeness (QED) is 0.931. The average molecular weight is 283 g/mol. The van der Waals surface area contributed by atoms with Gasteiger partial charge >= 0.3 is 0 Å². The molecular weight excluding hydrogens is 258 g/mol. The fourth-order valence-corrected chi connectivity index (χ4v) is 3.34. The molecule has 1 atom stereocenters. The summed E-state index contributed by atoms with van der Waals surface area (Å²) in [5.41, 5.74) is 5.31. The Morgan fingerprint density at radius 3 is 2.62 bits per heavy atom. The summed E-state index contributed by atoms with van der Waals surface area (Å²) >= 11 is 0. The van der Waals surface area contributed by atoms with Crippen LogP contribution in [0.5, 0.6) is 0 Å². The summed E-state index contributed by atoms with van der Waals surface area (Å²) < 4.78 is 2.35. The zero-order valence-electron chi connectivity index (χ0n) is 13.3. The first kappa shape index (κ1) is 14.4. The second kappa shape index (κ2) is 6.04. The van der Waals surface area contributed by atoms with E-state index < -0.39 is 0 Å². The van der Waals surface area contributed by atoms with Crippen molar-refractivity contribution in [2.24, 2.45) is 0 Å². The number of para-hydroxylation sites is 1. The summed E-state index contributed by atoms with van der Waals surface area (Å²) in [6.07, 6.45) is 1.26. The van der Waals surface area contributed by atoms with Crippen molar-refractivity contribution in [2.45, 2.75) is 32.9 Å². The number of benzene rings is 1. The van der Waals surface area contributed by atoms with Gasteiger partial charge < -0.3 is 14.8 Å². The van der Waals surface area contributed by atoms with Gasteiger partial charge in [-0.1, -0.05) is 18.2 Å². The van der Waals surface area contributed by atoms with Gasteiger partial charge in [0, 0.05) is 36.2 Å². The number of likely N-dealkylation sites (tertiary alicyclic amines) is 1. The van der Waals surface area contributed by atoms with E-state index in [9.17, 15) is 0 Å². The smallest absolute Gasteiger partial charge is 0.0455 e. The van der Waals surface area contributed by atoms with E-state index in [1.165, 1.54) is 35.6 Å². The van der Waals surface area contributed by atoms with Crippen LogP contribution in [0.25, 0.3) is 5.69 Å². The van der Waals surface area contributed by atoms with Crippen LogP contribution in [0.1, 0.15) is 23.4 Å². The van der Waals surface area contributed by atoms with Gasteiger partial charge in [0.05, 0.1) is 0 Å². The molecule has 1 aliphatic heterocycles. The highest BCUT2D eigenvalue weighted by Gasteiger charge is 2.19. The van der Waals surface area contributed by atoms with Gasteiger partial charge in [0.1, 0.15) is 0 Å². The SMILES string of the molecule is Cc1cc(CNC2CCN(C)C2)c(C)n1-c1ccccc1. The molecule has 3 rings (SSSR count). The van der Waals surface area contributed by atoms with E-state index in [-0.39, 0.29) is 0 Å². The first-order chi connectivity index (χ1) is 10.1. The summed E-state index contributed by atoms with van der Waals surface area (Å²) in [6, 6.07) is 13.5. The maximum atomic E-state index is 3.71. The van der Waals surface area contributed by atoms with E-state index in [0.717, 1.165) is 13.1 Å². The molecule has 1 unspecified atom stereocenters. The molecule has 0 aliphatic carbocycles. The molecule has 3 nitrogen and oxygen atoms in total. The molecule has 2 aromatic rings. The second-order valence-electron chi connectivity index (χ2n) is 6.20. The van der Waals surface area contributed by atoms with Crippen molar-refractivity contribution in [1.29, 1.82) is 0 Å². The summed E-state index contributed by atoms with van der Waals surface area (Å²) in [4.78, 5) is 2.39. The third-order valence-corrected chi connectivity index (χ3v) is 4.52. The van der Waals surface area contributed by atoms with Crippen LogP contribution in [0.15, 0.2) is 36.4 Å². The van der Waals surface area contributed by atoms with Crippen LogP contribution in [0.4, 0.5) is 0 Å². The molecule has 1 N–H and O–H groups in total. The molecular formula is C18H25N3. The van der Waals surface area contributed by atoms with Crippen molar-refractivity contribution in [3.05, 3.63) is 53.3 Å². The lowest BCUT2D eigenvalue weighted by molar-refractivity contribution is 0.397. The van der Waals surface area contributed by atoms with E-state index in [1.54, 1.807) is 0 Å².